The van der Waals surface area contributed by atoms with E-state index >= 15 is 0 Å². The van der Waals surface area contributed by atoms with Crippen LogP contribution < -0.4 is 0 Å². The van der Waals surface area contributed by atoms with E-state index in [2.05, 4.69) is 13.3 Å². The van der Waals surface area contributed by atoms with Crippen molar-refractivity contribution in [1.29, 1.82) is 0 Å². The molecule has 9 heavy (non-hydrogen) atoms. The minimum absolute atomic E-state index is 1.01. The van der Waals surface area contributed by atoms with Gasteiger partial charge in [0.05, 0.1) is 0 Å². The zero-order chi connectivity index (χ0) is 6.27. The molecule has 2 saturated carbocycles. The summed E-state index contributed by atoms with van der Waals surface area (Å²) in [6, 6.07) is 0. The predicted molar refractivity (Wildman–Crippen MR) is 38.9 cm³/mol. The van der Waals surface area contributed by atoms with E-state index in [1.165, 1.54) is 25.7 Å². The van der Waals surface area contributed by atoms with Crippen molar-refractivity contribution in [1.82, 2.24) is 0 Å². The topological polar surface area (TPSA) is 0 Å². The number of hydrogen-bond donors (Lipinski definition) is 0. The highest BCUT2D eigenvalue weighted by atomic mass is 14.4. The van der Waals surface area contributed by atoms with Gasteiger partial charge in [-0.3, -0.25) is 0 Å². The average Bonchev–Trinajstić information content (AvgIpc) is 2.09. The fourth-order valence-electron chi connectivity index (χ4n) is 2.53. The van der Waals surface area contributed by atoms with Crippen LogP contribution in [0.25, 0.3) is 0 Å². The SMILES string of the molecule is CC1CC2[CH]CCC1C2. The van der Waals surface area contributed by atoms with Gasteiger partial charge < -0.3 is 0 Å². The van der Waals surface area contributed by atoms with Gasteiger partial charge in [-0.1, -0.05) is 6.92 Å². The molecule has 51 valence electrons. The van der Waals surface area contributed by atoms with Crippen LogP contribution in [-0.4, -0.2) is 0 Å². The van der Waals surface area contributed by atoms with E-state index in [-0.39, 0.29) is 0 Å². The van der Waals surface area contributed by atoms with Crippen molar-refractivity contribution in [3.63, 3.8) is 0 Å². The molecule has 0 aliphatic heterocycles. The third-order valence-electron chi connectivity index (χ3n) is 3.12. The van der Waals surface area contributed by atoms with E-state index in [9.17, 15) is 0 Å². The van der Waals surface area contributed by atoms with Crippen LogP contribution in [0.5, 0.6) is 0 Å². The standard InChI is InChI=1S/C9H15/c1-7-5-8-3-2-4-9(7)6-8/h3,7-9H,2,4-6H2,1H3. The van der Waals surface area contributed by atoms with Crippen molar-refractivity contribution < 1.29 is 0 Å². The van der Waals surface area contributed by atoms with Crippen LogP contribution in [0.1, 0.15) is 32.6 Å². The lowest BCUT2D eigenvalue weighted by Gasteiger charge is -2.18. The molecule has 0 aromatic carbocycles. The summed E-state index contributed by atoms with van der Waals surface area (Å²) in [6.45, 7) is 2.42. The summed E-state index contributed by atoms with van der Waals surface area (Å²) in [5.41, 5.74) is 0. The number of fused-ring (bicyclic) bond motifs is 2. The summed E-state index contributed by atoms with van der Waals surface area (Å²) < 4.78 is 0. The molecule has 0 nitrogen and oxygen atoms in total. The third kappa shape index (κ3) is 0.889. The van der Waals surface area contributed by atoms with Gasteiger partial charge in [-0.15, -0.1) is 0 Å². The Kier molecular flexibility index (Phi) is 1.28. The van der Waals surface area contributed by atoms with Gasteiger partial charge in [0.2, 0.25) is 0 Å². The lowest BCUT2D eigenvalue weighted by Crippen LogP contribution is -2.07. The van der Waals surface area contributed by atoms with E-state index in [1.807, 2.05) is 0 Å². The second-order valence-corrected chi connectivity index (χ2v) is 3.78. The van der Waals surface area contributed by atoms with Gasteiger partial charge >= 0.3 is 0 Å². The lowest BCUT2D eigenvalue weighted by atomic mass is 9.88. The van der Waals surface area contributed by atoms with Gasteiger partial charge in [-0.05, 0) is 49.9 Å². The molecule has 2 fully saturated rings. The molecule has 3 atom stereocenters. The van der Waals surface area contributed by atoms with Gasteiger partial charge in [-0.2, -0.15) is 0 Å². The quantitative estimate of drug-likeness (QED) is 0.464. The molecule has 2 bridgehead atoms. The van der Waals surface area contributed by atoms with Crippen LogP contribution in [-0.2, 0) is 0 Å². The fourth-order valence-corrected chi connectivity index (χ4v) is 2.53. The Balaban J connectivity index is 2.07. The minimum Gasteiger partial charge on any atom is -0.0622 e. The number of rotatable bonds is 0. The van der Waals surface area contributed by atoms with E-state index in [1.54, 1.807) is 0 Å². The highest BCUT2D eigenvalue weighted by molar-refractivity contribution is 4.93. The van der Waals surface area contributed by atoms with E-state index in [0.29, 0.717) is 0 Å². The smallest absolute Gasteiger partial charge is 0.0354 e. The normalized spacial score (nSPS) is 49.7. The van der Waals surface area contributed by atoms with Gasteiger partial charge in [0.1, 0.15) is 0 Å². The second kappa shape index (κ2) is 2.00. The lowest BCUT2D eigenvalue weighted by molar-refractivity contribution is 0.373. The van der Waals surface area contributed by atoms with Crippen molar-refractivity contribution in [3.8, 4) is 0 Å². The zero-order valence-electron chi connectivity index (χ0n) is 6.14. The average molecular weight is 123 g/mol. The Bertz CT molecular complexity index is 105. The summed E-state index contributed by atoms with van der Waals surface area (Å²) in [5, 5.41) is 0. The minimum atomic E-state index is 1.01. The highest BCUT2D eigenvalue weighted by Gasteiger charge is 2.33. The second-order valence-electron chi connectivity index (χ2n) is 3.78. The highest BCUT2D eigenvalue weighted by Crippen LogP contribution is 2.44. The van der Waals surface area contributed by atoms with Crippen molar-refractivity contribution in [2.75, 3.05) is 0 Å². The molecule has 0 aromatic heterocycles. The molecule has 1 radical (unpaired) electrons. The van der Waals surface area contributed by atoms with Crippen LogP contribution in [0.15, 0.2) is 0 Å². The van der Waals surface area contributed by atoms with Crippen LogP contribution >= 0.6 is 0 Å². The molecule has 0 N–H and O–H groups in total. The molecular weight excluding hydrogens is 108 g/mol. The first-order valence-corrected chi connectivity index (χ1v) is 4.19. The van der Waals surface area contributed by atoms with Gasteiger partial charge in [0.15, 0.2) is 0 Å². The Labute approximate surface area is 57.6 Å². The maximum atomic E-state index is 2.54. The Morgan fingerprint density at radius 2 is 2.22 bits per heavy atom. The monoisotopic (exact) mass is 123 g/mol. The van der Waals surface area contributed by atoms with Crippen LogP contribution in [0.4, 0.5) is 0 Å². The molecule has 2 aliphatic carbocycles. The molecule has 0 heteroatoms. The molecule has 0 spiro atoms. The summed E-state index contributed by atoms with van der Waals surface area (Å²) >= 11 is 0. The zero-order valence-corrected chi connectivity index (χ0v) is 6.14. The summed E-state index contributed by atoms with van der Waals surface area (Å²) in [4.78, 5) is 0. The molecule has 0 amide bonds. The van der Waals surface area contributed by atoms with E-state index < -0.39 is 0 Å². The Hall–Kier alpha value is 0. The van der Waals surface area contributed by atoms with Crippen molar-refractivity contribution in [2.45, 2.75) is 32.6 Å². The predicted octanol–water partition coefficient (Wildman–Crippen LogP) is 2.65. The van der Waals surface area contributed by atoms with E-state index in [0.717, 1.165) is 17.8 Å². The fraction of sp³-hybridized carbons (Fsp3) is 0.889. The van der Waals surface area contributed by atoms with Crippen LogP contribution in [0.2, 0.25) is 0 Å². The van der Waals surface area contributed by atoms with Gasteiger partial charge in [0, 0.05) is 0 Å². The van der Waals surface area contributed by atoms with Gasteiger partial charge in [0.25, 0.3) is 0 Å². The van der Waals surface area contributed by atoms with Crippen molar-refractivity contribution >= 4 is 0 Å². The first-order chi connectivity index (χ1) is 4.36. The Morgan fingerprint density at radius 1 is 1.33 bits per heavy atom. The third-order valence-corrected chi connectivity index (χ3v) is 3.12. The van der Waals surface area contributed by atoms with Crippen molar-refractivity contribution in [3.05, 3.63) is 6.42 Å². The van der Waals surface area contributed by atoms with Crippen LogP contribution in [0, 0.1) is 24.2 Å². The molecular formula is C9H15. The molecule has 0 saturated heterocycles. The summed E-state index contributed by atoms with van der Waals surface area (Å²) in [5.74, 6) is 3.15. The summed E-state index contributed by atoms with van der Waals surface area (Å²) in [6.07, 6.45) is 8.43. The largest absolute Gasteiger partial charge is 0.0622 e. The molecule has 2 aliphatic rings. The van der Waals surface area contributed by atoms with Gasteiger partial charge in [-0.25, -0.2) is 0 Å². The van der Waals surface area contributed by atoms with Crippen LogP contribution in [0.3, 0.4) is 0 Å². The maximum Gasteiger partial charge on any atom is -0.0354 e. The molecule has 0 heterocycles. The van der Waals surface area contributed by atoms with E-state index in [4.69, 9.17) is 0 Å². The molecule has 0 aromatic rings. The molecule has 2 rings (SSSR count). The van der Waals surface area contributed by atoms with Crippen molar-refractivity contribution in [2.24, 2.45) is 17.8 Å². The first-order valence-electron chi connectivity index (χ1n) is 4.19. The maximum absolute atomic E-state index is 2.54. The number of hydrogen-bond acceptors (Lipinski definition) is 0. The summed E-state index contributed by atoms with van der Waals surface area (Å²) in [7, 11) is 0. The Morgan fingerprint density at radius 3 is 2.89 bits per heavy atom. The first kappa shape index (κ1) is 5.76. The molecule has 3 unspecified atom stereocenters.